The number of aromatic nitrogens is 3. The number of rotatable bonds is 5. The number of hydrogen-bond donors (Lipinski definition) is 0. The maximum absolute atomic E-state index is 12.6. The van der Waals surface area contributed by atoms with Gasteiger partial charge in [-0.05, 0) is 42.8 Å². The quantitative estimate of drug-likeness (QED) is 0.481. The topological polar surface area (TPSA) is 59.7 Å². The van der Waals surface area contributed by atoms with Gasteiger partial charge in [-0.3, -0.25) is 9.20 Å². The minimum absolute atomic E-state index is 0.00180. The lowest BCUT2D eigenvalue weighted by Gasteiger charge is -2.16. The molecule has 0 spiro atoms. The summed E-state index contributed by atoms with van der Waals surface area (Å²) in [4.78, 5) is 14.3. The molecule has 0 unspecified atom stereocenters. The molecule has 2 aromatic heterocycles. The zero-order valence-electron chi connectivity index (χ0n) is 15.9. The largest absolute Gasteiger partial charge is 0.497 e. The summed E-state index contributed by atoms with van der Waals surface area (Å²) >= 11 is 1.38. The molecule has 0 atom stereocenters. The van der Waals surface area contributed by atoms with Crippen molar-refractivity contribution < 1.29 is 9.53 Å². The Kier molecular flexibility index (Phi) is 4.92. The van der Waals surface area contributed by atoms with Crippen LogP contribution in [0.15, 0.2) is 59.8 Å². The summed E-state index contributed by atoms with van der Waals surface area (Å²) in [6.07, 6.45) is 0. The average Bonchev–Trinajstić information content (AvgIpc) is 3.14. The van der Waals surface area contributed by atoms with Crippen LogP contribution in [-0.4, -0.2) is 40.4 Å². The molecule has 0 aliphatic carbocycles. The Morgan fingerprint density at radius 1 is 1.14 bits per heavy atom. The molecular weight excluding hydrogens is 372 g/mol. The van der Waals surface area contributed by atoms with Crippen LogP contribution >= 0.6 is 11.8 Å². The van der Waals surface area contributed by atoms with Gasteiger partial charge in [0.1, 0.15) is 5.75 Å². The maximum Gasteiger partial charge on any atom is 0.237 e. The number of pyridine rings is 1. The van der Waals surface area contributed by atoms with Crippen LogP contribution in [0.5, 0.6) is 5.75 Å². The van der Waals surface area contributed by atoms with E-state index in [0.717, 1.165) is 33.6 Å². The van der Waals surface area contributed by atoms with Crippen molar-refractivity contribution in [1.29, 1.82) is 0 Å². The van der Waals surface area contributed by atoms with E-state index in [4.69, 9.17) is 4.74 Å². The molecule has 0 saturated carbocycles. The fourth-order valence-corrected chi connectivity index (χ4v) is 4.01. The first-order valence-electron chi connectivity index (χ1n) is 8.85. The number of ether oxygens (including phenoxy) is 1. The molecule has 0 aliphatic rings. The molecule has 0 fully saturated rings. The van der Waals surface area contributed by atoms with Crippen LogP contribution in [0, 0.1) is 6.92 Å². The lowest BCUT2D eigenvalue weighted by Crippen LogP contribution is -2.27. The Balaban J connectivity index is 1.66. The second-order valence-corrected chi connectivity index (χ2v) is 7.41. The molecule has 0 bridgehead atoms. The van der Waals surface area contributed by atoms with Crippen LogP contribution in [0.2, 0.25) is 0 Å². The predicted molar refractivity (Wildman–Crippen MR) is 112 cm³/mol. The number of amides is 1. The standard InChI is InChI=1S/C21H20N4O2S/c1-14-11-19-22-23-21(25(19)18-12-16(27-3)9-10-17(14)18)28-13-20(26)24(2)15-7-5-4-6-8-15/h4-12H,13H2,1-3H3. The van der Waals surface area contributed by atoms with E-state index in [1.807, 2.05) is 59.0 Å². The third kappa shape index (κ3) is 3.29. The van der Waals surface area contributed by atoms with Gasteiger partial charge in [0.25, 0.3) is 0 Å². The predicted octanol–water partition coefficient (Wildman–Crippen LogP) is 3.95. The van der Waals surface area contributed by atoms with Crippen molar-refractivity contribution in [2.45, 2.75) is 12.1 Å². The molecule has 0 N–H and O–H groups in total. The molecule has 2 aromatic carbocycles. The van der Waals surface area contributed by atoms with Gasteiger partial charge in [0, 0.05) is 24.2 Å². The molecule has 4 rings (SSSR count). The van der Waals surface area contributed by atoms with Crippen molar-refractivity contribution in [2.75, 3.05) is 24.8 Å². The Labute approximate surface area is 167 Å². The van der Waals surface area contributed by atoms with Gasteiger partial charge in [0.05, 0.1) is 18.4 Å². The first kappa shape index (κ1) is 18.3. The summed E-state index contributed by atoms with van der Waals surface area (Å²) < 4.78 is 7.36. The average molecular weight is 392 g/mol. The Bertz CT molecular complexity index is 1160. The van der Waals surface area contributed by atoms with E-state index < -0.39 is 0 Å². The molecule has 0 radical (unpaired) electrons. The third-order valence-electron chi connectivity index (χ3n) is 4.72. The highest BCUT2D eigenvalue weighted by molar-refractivity contribution is 7.99. The molecule has 2 heterocycles. The summed E-state index contributed by atoms with van der Waals surface area (Å²) in [7, 11) is 3.43. The molecule has 4 aromatic rings. The number of anilines is 1. The van der Waals surface area contributed by atoms with Crippen LogP contribution in [0.1, 0.15) is 5.56 Å². The number of fused-ring (bicyclic) bond motifs is 3. The number of carbonyl (C=O) groups is 1. The van der Waals surface area contributed by atoms with Crippen molar-refractivity contribution in [2.24, 2.45) is 0 Å². The highest BCUT2D eigenvalue weighted by Crippen LogP contribution is 2.28. The zero-order chi connectivity index (χ0) is 19.7. The van der Waals surface area contributed by atoms with Crippen LogP contribution in [-0.2, 0) is 4.79 Å². The minimum atomic E-state index is 0.00180. The number of nitrogens with zero attached hydrogens (tertiary/aromatic N) is 4. The van der Waals surface area contributed by atoms with Gasteiger partial charge < -0.3 is 9.64 Å². The highest BCUT2D eigenvalue weighted by atomic mass is 32.2. The van der Waals surface area contributed by atoms with Crippen molar-refractivity contribution in [1.82, 2.24) is 14.6 Å². The fourth-order valence-electron chi connectivity index (χ4n) is 3.14. The molecule has 0 aliphatic heterocycles. The first-order valence-corrected chi connectivity index (χ1v) is 9.84. The van der Waals surface area contributed by atoms with Crippen molar-refractivity contribution in [3.05, 3.63) is 60.2 Å². The number of carbonyl (C=O) groups excluding carboxylic acids is 1. The highest BCUT2D eigenvalue weighted by Gasteiger charge is 2.16. The monoisotopic (exact) mass is 392 g/mol. The molecule has 28 heavy (non-hydrogen) atoms. The smallest absolute Gasteiger partial charge is 0.237 e. The van der Waals surface area contributed by atoms with Gasteiger partial charge in [0.2, 0.25) is 5.91 Å². The maximum atomic E-state index is 12.6. The van der Waals surface area contributed by atoms with E-state index in [-0.39, 0.29) is 11.7 Å². The Morgan fingerprint density at radius 2 is 1.93 bits per heavy atom. The number of aryl methyl sites for hydroxylation is 1. The summed E-state index contributed by atoms with van der Waals surface area (Å²) in [5.74, 6) is 1.04. The molecular formula is C21H20N4O2S. The van der Waals surface area contributed by atoms with Crippen molar-refractivity contribution in [3.63, 3.8) is 0 Å². The van der Waals surface area contributed by atoms with Crippen molar-refractivity contribution >= 4 is 39.9 Å². The fraction of sp³-hybridized carbons (Fsp3) is 0.190. The number of thioether (sulfide) groups is 1. The molecule has 142 valence electrons. The molecule has 7 heteroatoms. The van der Waals surface area contributed by atoms with Gasteiger partial charge in [-0.15, -0.1) is 10.2 Å². The Hall–Kier alpha value is -3.06. The second kappa shape index (κ2) is 7.52. The number of methoxy groups -OCH3 is 1. The van der Waals surface area contributed by atoms with E-state index in [1.165, 1.54) is 11.8 Å². The second-order valence-electron chi connectivity index (χ2n) is 6.46. The summed E-state index contributed by atoms with van der Waals surface area (Å²) in [5.41, 5.74) is 3.70. The minimum Gasteiger partial charge on any atom is -0.497 e. The van der Waals surface area contributed by atoms with E-state index in [0.29, 0.717) is 5.16 Å². The summed E-state index contributed by atoms with van der Waals surface area (Å²) in [6.45, 7) is 2.05. The number of benzene rings is 2. The normalized spacial score (nSPS) is 11.1. The Morgan fingerprint density at radius 3 is 2.68 bits per heavy atom. The molecule has 1 amide bonds. The number of hydrogen-bond acceptors (Lipinski definition) is 5. The zero-order valence-corrected chi connectivity index (χ0v) is 16.7. The van der Waals surface area contributed by atoms with Gasteiger partial charge in [-0.1, -0.05) is 30.0 Å². The van der Waals surface area contributed by atoms with E-state index >= 15 is 0 Å². The molecule has 6 nitrogen and oxygen atoms in total. The van der Waals surface area contributed by atoms with Crippen molar-refractivity contribution in [3.8, 4) is 5.75 Å². The first-order chi connectivity index (χ1) is 13.6. The van der Waals surface area contributed by atoms with Crippen LogP contribution in [0.3, 0.4) is 0 Å². The van der Waals surface area contributed by atoms with E-state index in [9.17, 15) is 4.79 Å². The summed E-state index contributed by atoms with van der Waals surface area (Å²) in [5, 5.41) is 10.4. The van der Waals surface area contributed by atoms with E-state index in [2.05, 4.69) is 17.1 Å². The van der Waals surface area contributed by atoms with Crippen LogP contribution in [0.4, 0.5) is 5.69 Å². The number of para-hydroxylation sites is 1. The van der Waals surface area contributed by atoms with Gasteiger partial charge >= 0.3 is 0 Å². The third-order valence-corrected chi connectivity index (χ3v) is 5.63. The van der Waals surface area contributed by atoms with Gasteiger partial charge in [0.15, 0.2) is 10.8 Å². The van der Waals surface area contributed by atoms with Gasteiger partial charge in [-0.2, -0.15) is 0 Å². The van der Waals surface area contributed by atoms with Crippen LogP contribution < -0.4 is 9.64 Å². The van der Waals surface area contributed by atoms with Gasteiger partial charge in [-0.25, -0.2) is 0 Å². The lowest BCUT2D eigenvalue weighted by atomic mass is 10.1. The SMILES string of the molecule is COc1ccc2c(C)cc3nnc(SCC(=O)N(C)c4ccccc4)n3c2c1. The van der Waals surface area contributed by atoms with E-state index in [1.54, 1.807) is 19.1 Å². The van der Waals surface area contributed by atoms with Crippen LogP contribution in [0.25, 0.3) is 16.6 Å². The lowest BCUT2D eigenvalue weighted by molar-refractivity contribution is -0.115. The summed E-state index contributed by atoms with van der Waals surface area (Å²) in [6, 6.07) is 17.5. The molecule has 0 saturated heterocycles.